The van der Waals surface area contributed by atoms with E-state index in [2.05, 4.69) is 36.1 Å². The van der Waals surface area contributed by atoms with Crippen LogP contribution in [0.1, 0.15) is 10.5 Å². The summed E-state index contributed by atoms with van der Waals surface area (Å²) in [4.78, 5) is 24.9. The second kappa shape index (κ2) is 8.16. The maximum Gasteiger partial charge on any atom is 0.340 e. The van der Waals surface area contributed by atoms with Crippen molar-refractivity contribution in [1.82, 2.24) is 35.3 Å². The minimum atomic E-state index is -0.429. The van der Waals surface area contributed by atoms with Crippen LogP contribution in [0.4, 0.5) is 6.01 Å². The molecule has 0 saturated carbocycles. The van der Waals surface area contributed by atoms with Crippen LogP contribution < -0.4 is 10.9 Å². The number of hydrogen-bond acceptors (Lipinski definition) is 9. The zero-order valence-electron chi connectivity index (χ0n) is 15.8. The van der Waals surface area contributed by atoms with Crippen molar-refractivity contribution in [2.45, 2.75) is 0 Å². The number of pyridine rings is 1. The Balaban J connectivity index is 1.24. The topological polar surface area (TPSA) is 124 Å². The molecule has 0 bridgehead atoms. The monoisotopic (exact) mass is 430 g/mol. The predicted octanol–water partition coefficient (Wildman–Crippen LogP) is 3.20. The fourth-order valence-electron chi connectivity index (χ4n) is 2.73. The predicted molar refractivity (Wildman–Crippen MR) is 113 cm³/mol. The quantitative estimate of drug-likeness (QED) is 0.394. The fraction of sp³-hybridized carbons (Fsp3) is 0. The van der Waals surface area contributed by atoms with Crippen molar-refractivity contribution in [2.24, 2.45) is 0 Å². The van der Waals surface area contributed by atoms with Crippen molar-refractivity contribution in [2.75, 3.05) is 5.43 Å². The summed E-state index contributed by atoms with van der Waals surface area (Å²) in [6, 6.07) is 13.3. The Hall–Kier alpha value is -4.38. The SMILES string of the molecule is O=C(NNc1nc(-c2ccncc2)no1)c1csc(-c2cnn(-c3ccccc3)c2)n1. The summed E-state index contributed by atoms with van der Waals surface area (Å²) >= 11 is 1.35. The van der Waals surface area contributed by atoms with Crippen molar-refractivity contribution < 1.29 is 9.32 Å². The number of benzene rings is 1. The van der Waals surface area contributed by atoms with Crippen LogP contribution in [0, 0.1) is 0 Å². The Morgan fingerprint density at radius 2 is 1.87 bits per heavy atom. The third-order valence-corrected chi connectivity index (χ3v) is 5.13. The Morgan fingerprint density at radius 3 is 2.71 bits per heavy atom. The van der Waals surface area contributed by atoms with Crippen molar-refractivity contribution in [3.05, 3.63) is 78.3 Å². The summed E-state index contributed by atoms with van der Waals surface area (Å²) in [5.41, 5.74) is 7.87. The molecule has 0 saturated heterocycles. The molecule has 0 aliphatic heterocycles. The maximum atomic E-state index is 12.4. The van der Waals surface area contributed by atoms with Gasteiger partial charge in [-0.05, 0) is 24.3 Å². The van der Waals surface area contributed by atoms with Crippen LogP contribution >= 0.6 is 11.3 Å². The number of carbonyl (C=O) groups is 1. The number of hydrazine groups is 1. The van der Waals surface area contributed by atoms with Gasteiger partial charge in [0, 0.05) is 35.1 Å². The Bertz CT molecular complexity index is 1310. The number of para-hydroxylation sites is 1. The van der Waals surface area contributed by atoms with Gasteiger partial charge in [0.25, 0.3) is 5.91 Å². The summed E-state index contributed by atoms with van der Waals surface area (Å²) in [7, 11) is 0. The molecule has 1 aromatic carbocycles. The van der Waals surface area contributed by atoms with E-state index in [1.165, 1.54) is 11.3 Å². The normalized spacial score (nSPS) is 10.7. The number of amides is 1. The third kappa shape index (κ3) is 4.02. The highest BCUT2D eigenvalue weighted by Gasteiger charge is 2.15. The molecule has 152 valence electrons. The molecular formula is C20H14N8O2S. The molecule has 0 spiro atoms. The lowest BCUT2D eigenvalue weighted by Gasteiger charge is -2.01. The lowest BCUT2D eigenvalue weighted by Crippen LogP contribution is -2.29. The van der Waals surface area contributed by atoms with E-state index in [0.29, 0.717) is 10.8 Å². The van der Waals surface area contributed by atoms with E-state index >= 15 is 0 Å². The smallest absolute Gasteiger partial charge is 0.313 e. The van der Waals surface area contributed by atoms with E-state index in [4.69, 9.17) is 4.52 Å². The van der Waals surface area contributed by atoms with Crippen LogP contribution in [0.2, 0.25) is 0 Å². The second-order valence-corrected chi connectivity index (χ2v) is 7.14. The van der Waals surface area contributed by atoms with E-state index < -0.39 is 5.91 Å². The van der Waals surface area contributed by atoms with Gasteiger partial charge in [-0.3, -0.25) is 15.2 Å². The van der Waals surface area contributed by atoms with E-state index in [1.807, 2.05) is 36.5 Å². The number of aromatic nitrogens is 6. The Kier molecular flexibility index (Phi) is 4.91. The number of hydrogen-bond donors (Lipinski definition) is 2. The minimum Gasteiger partial charge on any atom is -0.313 e. The van der Waals surface area contributed by atoms with Gasteiger partial charge in [0.05, 0.1) is 11.9 Å². The van der Waals surface area contributed by atoms with Gasteiger partial charge in [-0.1, -0.05) is 23.4 Å². The van der Waals surface area contributed by atoms with Crippen molar-refractivity contribution in [1.29, 1.82) is 0 Å². The molecule has 5 aromatic rings. The van der Waals surface area contributed by atoms with Gasteiger partial charge >= 0.3 is 6.01 Å². The highest BCUT2D eigenvalue weighted by Crippen LogP contribution is 2.24. The first-order chi connectivity index (χ1) is 15.3. The van der Waals surface area contributed by atoms with Crippen LogP contribution in [0.15, 0.2) is 77.2 Å². The summed E-state index contributed by atoms with van der Waals surface area (Å²) in [6.45, 7) is 0. The lowest BCUT2D eigenvalue weighted by molar-refractivity contribution is 0.0957. The molecule has 0 unspecified atom stereocenters. The molecule has 0 atom stereocenters. The second-order valence-electron chi connectivity index (χ2n) is 6.29. The molecule has 4 aromatic heterocycles. The van der Waals surface area contributed by atoms with Gasteiger partial charge in [-0.2, -0.15) is 10.1 Å². The summed E-state index contributed by atoms with van der Waals surface area (Å²) in [6.07, 6.45) is 6.84. The summed E-state index contributed by atoms with van der Waals surface area (Å²) in [5, 5.41) is 10.6. The zero-order chi connectivity index (χ0) is 21.0. The van der Waals surface area contributed by atoms with E-state index in [0.717, 1.165) is 16.8 Å². The van der Waals surface area contributed by atoms with Crippen LogP contribution in [-0.2, 0) is 0 Å². The molecule has 11 heteroatoms. The van der Waals surface area contributed by atoms with Crippen LogP contribution in [0.5, 0.6) is 0 Å². The van der Waals surface area contributed by atoms with E-state index in [-0.39, 0.29) is 11.7 Å². The van der Waals surface area contributed by atoms with Crippen LogP contribution in [0.25, 0.3) is 27.6 Å². The molecule has 31 heavy (non-hydrogen) atoms. The molecule has 2 N–H and O–H groups in total. The average molecular weight is 430 g/mol. The first kappa shape index (κ1) is 18.6. The first-order valence-electron chi connectivity index (χ1n) is 9.13. The number of nitrogens with one attached hydrogen (secondary N) is 2. The van der Waals surface area contributed by atoms with Gasteiger partial charge < -0.3 is 4.52 Å². The van der Waals surface area contributed by atoms with Crippen LogP contribution in [0.3, 0.4) is 0 Å². The number of anilines is 1. The van der Waals surface area contributed by atoms with Crippen molar-refractivity contribution in [3.63, 3.8) is 0 Å². The molecule has 0 fully saturated rings. The standard InChI is InChI=1S/C20H14N8O2S/c29-18(25-26-20-24-17(27-30-20)13-6-8-21-9-7-13)16-12-31-19(23-16)14-10-22-28(11-14)15-4-2-1-3-5-15/h1-12H,(H,25,29)(H,24,26,27). The summed E-state index contributed by atoms with van der Waals surface area (Å²) in [5.74, 6) is -0.0490. The van der Waals surface area contributed by atoms with Crippen LogP contribution in [-0.4, -0.2) is 35.8 Å². The van der Waals surface area contributed by atoms with Crippen molar-refractivity contribution >= 4 is 23.3 Å². The van der Waals surface area contributed by atoms with Gasteiger partial charge in [0.1, 0.15) is 10.7 Å². The molecule has 0 radical (unpaired) electrons. The lowest BCUT2D eigenvalue weighted by atomic mass is 10.3. The maximum absolute atomic E-state index is 12.4. The first-order valence-corrected chi connectivity index (χ1v) is 10.0. The number of rotatable bonds is 6. The molecular weight excluding hydrogens is 416 g/mol. The molecule has 1 amide bonds. The highest BCUT2D eigenvalue weighted by molar-refractivity contribution is 7.13. The van der Waals surface area contributed by atoms with Gasteiger partial charge in [0.2, 0.25) is 5.82 Å². The third-order valence-electron chi connectivity index (χ3n) is 4.23. The summed E-state index contributed by atoms with van der Waals surface area (Å²) < 4.78 is 6.85. The fourth-order valence-corrected chi connectivity index (χ4v) is 3.51. The molecule has 5 rings (SSSR count). The zero-order valence-corrected chi connectivity index (χ0v) is 16.7. The Labute approximate surface area is 179 Å². The van der Waals surface area contributed by atoms with Gasteiger partial charge in [-0.15, -0.1) is 11.3 Å². The van der Waals surface area contributed by atoms with Crippen molar-refractivity contribution in [3.8, 4) is 27.6 Å². The number of thiazole rings is 1. The van der Waals surface area contributed by atoms with Gasteiger partial charge in [-0.25, -0.2) is 15.1 Å². The number of nitrogens with zero attached hydrogens (tertiary/aromatic N) is 6. The molecule has 10 nitrogen and oxygen atoms in total. The van der Waals surface area contributed by atoms with Gasteiger partial charge in [0.15, 0.2) is 0 Å². The number of carbonyl (C=O) groups excluding carboxylic acids is 1. The molecule has 0 aliphatic carbocycles. The highest BCUT2D eigenvalue weighted by atomic mass is 32.1. The largest absolute Gasteiger partial charge is 0.340 e. The van der Waals surface area contributed by atoms with E-state index in [1.54, 1.807) is 40.8 Å². The molecule has 4 heterocycles. The molecule has 0 aliphatic rings. The van der Waals surface area contributed by atoms with E-state index in [9.17, 15) is 4.79 Å². The Morgan fingerprint density at radius 1 is 1.03 bits per heavy atom. The minimum absolute atomic E-state index is 0.0553. The average Bonchev–Trinajstić information content (AvgIpc) is 3.59.